The van der Waals surface area contributed by atoms with Crippen LogP contribution in [0.1, 0.15) is 77.9 Å². The summed E-state index contributed by atoms with van der Waals surface area (Å²) in [4.78, 5) is 65.9. The largest absolute Gasteiger partial charge is 0.453 e. The van der Waals surface area contributed by atoms with E-state index in [1.54, 1.807) is 31.9 Å². The van der Waals surface area contributed by atoms with Gasteiger partial charge in [-0.1, -0.05) is 62.4 Å². The number of hydrogen-bond donors (Lipinski definition) is 4. The molecule has 3 atom stereocenters. The van der Waals surface area contributed by atoms with Crippen molar-refractivity contribution < 1.29 is 28.7 Å². The Kier molecular flexibility index (Phi) is 11.4. The number of benzene rings is 2. The van der Waals surface area contributed by atoms with Gasteiger partial charge in [0, 0.05) is 24.5 Å². The van der Waals surface area contributed by atoms with Crippen molar-refractivity contribution in [3.05, 3.63) is 78.4 Å². The van der Waals surface area contributed by atoms with E-state index in [2.05, 4.69) is 62.0 Å². The molecule has 4 heterocycles. The van der Waals surface area contributed by atoms with Crippen LogP contribution in [0.5, 0.6) is 0 Å². The molecule has 13 nitrogen and oxygen atoms in total. The fourth-order valence-corrected chi connectivity index (χ4v) is 7.14. The number of likely N-dealkylation sites (tertiary alicyclic amines) is 2. The Bertz CT molecular complexity index is 1940. The van der Waals surface area contributed by atoms with Crippen molar-refractivity contribution in [2.75, 3.05) is 20.2 Å². The second-order valence-corrected chi connectivity index (χ2v) is 15.4. The number of nitrogens with one attached hydrogen (secondary N) is 4. The highest BCUT2D eigenvalue weighted by Gasteiger charge is 2.37. The number of carbonyl (C=O) groups is 4. The number of carbonyl (C=O) groups excluding carboxylic acids is 4. The molecule has 6 rings (SSSR count). The van der Waals surface area contributed by atoms with Gasteiger partial charge in [0.2, 0.25) is 11.8 Å². The number of nitrogens with zero attached hydrogens (tertiary/aromatic N) is 3. The standard InChI is InChI=1S/C41H51N7O6/c1-25(2)36(46-39(51)53-6)38(50)48-22-8-10-34(48)31-20-19-30(43-31)28-15-11-26(12-16-28)27-13-17-29(18-14-27)33-23-42-35(44-33)24-47-21-7-9-32(37(47)49)45-40(52)54-41(3,4)5/h11-20,23,25,32,34,36,43H,7-10,21-22,24H2,1-6H3,(H,42,44)(H,45,52)(H,46,51)/t32-,34-,36-/m0/s1. The van der Waals surface area contributed by atoms with Crippen molar-refractivity contribution in [1.29, 1.82) is 0 Å². The number of amides is 4. The summed E-state index contributed by atoms with van der Waals surface area (Å²) in [5.41, 5.74) is 6.31. The molecule has 2 fully saturated rings. The van der Waals surface area contributed by atoms with Crippen molar-refractivity contribution in [3.8, 4) is 33.6 Å². The summed E-state index contributed by atoms with van der Waals surface area (Å²) in [7, 11) is 1.30. The molecular weight excluding hydrogens is 686 g/mol. The Hall–Kier alpha value is -5.59. The van der Waals surface area contributed by atoms with Crippen molar-refractivity contribution >= 4 is 24.0 Å². The third-order valence-corrected chi connectivity index (χ3v) is 9.91. The fraction of sp³-hybridized carbons (Fsp3) is 0.439. The van der Waals surface area contributed by atoms with E-state index in [9.17, 15) is 19.2 Å². The van der Waals surface area contributed by atoms with Gasteiger partial charge in [-0.15, -0.1) is 0 Å². The first-order chi connectivity index (χ1) is 25.8. The normalized spacial score (nSPS) is 18.1. The number of alkyl carbamates (subject to hydrolysis) is 2. The van der Waals surface area contributed by atoms with Gasteiger partial charge in [-0.3, -0.25) is 9.59 Å². The molecule has 0 radical (unpaired) electrons. The van der Waals surface area contributed by atoms with E-state index < -0.39 is 29.9 Å². The molecule has 4 N–H and O–H groups in total. The average molecular weight is 738 g/mol. The minimum atomic E-state index is -0.659. The average Bonchev–Trinajstić information content (AvgIpc) is 3.93. The number of hydrogen-bond acceptors (Lipinski definition) is 7. The minimum Gasteiger partial charge on any atom is -0.453 e. The maximum Gasteiger partial charge on any atom is 0.408 e. The Labute approximate surface area is 316 Å². The number of H-pyrrole nitrogens is 2. The lowest BCUT2D eigenvalue weighted by molar-refractivity contribution is -0.137. The van der Waals surface area contributed by atoms with Gasteiger partial charge in [-0.25, -0.2) is 14.6 Å². The molecule has 2 aromatic heterocycles. The summed E-state index contributed by atoms with van der Waals surface area (Å²) in [5.74, 6) is 0.345. The van der Waals surface area contributed by atoms with Gasteiger partial charge in [-0.2, -0.15) is 0 Å². The van der Waals surface area contributed by atoms with Gasteiger partial charge >= 0.3 is 12.2 Å². The molecule has 54 heavy (non-hydrogen) atoms. The zero-order valence-corrected chi connectivity index (χ0v) is 31.9. The van der Waals surface area contributed by atoms with E-state index in [0.29, 0.717) is 31.9 Å². The van der Waals surface area contributed by atoms with E-state index in [-0.39, 0.29) is 23.8 Å². The lowest BCUT2D eigenvalue weighted by Crippen LogP contribution is -2.52. The second kappa shape index (κ2) is 16.2. The van der Waals surface area contributed by atoms with E-state index in [0.717, 1.165) is 58.6 Å². The topological polar surface area (TPSA) is 162 Å². The van der Waals surface area contributed by atoms with E-state index in [1.807, 2.05) is 43.0 Å². The predicted octanol–water partition coefficient (Wildman–Crippen LogP) is 6.80. The Morgan fingerprint density at radius 1 is 0.852 bits per heavy atom. The molecule has 4 aromatic rings. The number of aromatic nitrogens is 3. The molecule has 0 aliphatic carbocycles. The first kappa shape index (κ1) is 38.1. The van der Waals surface area contributed by atoms with Crippen LogP contribution in [-0.2, 0) is 25.6 Å². The van der Waals surface area contributed by atoms with Crippen molar-refractivity contribution in [1.82, 2.24) is 35.4 Å². The molecule has 4 amide bonds. The summed E-state index contributed by atoms with van der Waals surface area (Å²) in [6, 6.07) is 19.3. The quantitative estimate of drug-likeness (QED) is 0.139. The van der Waals surface area contributed by atoms with Crippen LogP contribution in [0.2, 0.25) is 0 Å². The van der Waals surface area contributed by atoms with Crippen LogP contribution in [0.25, 0.3) is 33.6 Å². The van der Waals surface area contributed by atoms with Gasteiger partial charge in [-0.05, 0) is 86.8 Å². The minimum absolute atomic E-state index is 0.0834. The van der Waals surface area contributed by atoms with Crippen LogP contribution in [0.4, 0.5) is 9.59 Å². The van der Waals surface area contributed by atoms with Gasteiger partial charge < -0.3 is 39.9 Å². The highest BCUT2D eigenvalue weighted by atomic mass is 16.6. The van der Waals surface area contributed by atoms with Gasteiger partial charge in [0.25, 0.3) is 0 Å². The van der Waals surface area contributed by atoms with E-state index in [1.165, 1.54) is 7.11 Å². The molecule has 0 bridgehead atoms. The summed E-state index contributed by atoms with van der Waals surface area (Å²) < 4.78 is 10.1. The molecular formula is C41H51N7O6. The second-order valence-electron chi connectivity index (χ2n) is 15.4. The first-order valence-corrected chi connectivity index (χ1v) is 18.7. The Morgan fingerprint density at radius 2 is 1.48 bits per heavy atom. The maximum atomic E-state index is 13.5. The molecule has 0 saturated carbocycles. The molecule has 2 aliphatic rings. The number of aromatic amines is 2. The number of ether oxygens (including phenoxy) is 2. The fourth-order valence-electron chi connectivity index (χ4n) is 7.14. The van der Waals surface area contributed by atoms with Gasteiger partial charge in [0.15, 0.2) is 0 Å². The van der Waals surface area contributed by atoms with Crippen LogP contribution < -0.4 is 10.6 Å². The third-order valence-electron chi connectivity index (χ3n) is 9.91. The summed E-state index contributed by atoms with van der Waals surface area (Å²) >= 11 is 0. The smallest absolute Gasteiger partial charge is 0.408 e. The SMILES string of the molecule is COC(=O)N[C@H](C(=O)N1CCC[C@H]1c1ccc(-c2ccc(-c3ccc(-c4cnc(CN5CCC[C@H](NC(=O)OC(C)(C)C)C5=O)[nH]4)cc3)cc2)[nH]1)C(C)C. The summed E-state index contributed by atoms with van der Waals surface area (Å²) in [6.07, 6.45) is 3.65. The molecule has 0 spiro atoms. The predicted molar refractivity (Wildman–Crippen MR) is 205 cm³/mol. The van der Waals surface area contributed by atoms with Crippen LogP contribution in [0, 0.1) is 5.92 Å². The van der Waals surface area contributed by atoms with Gasteiger partial charge in [0.1, 0.15) is 23.5 Å². The highest BCUT2D eigenvalue weighted by Crippen LogP contribution is 2.35. The molecule has 2 saturated heterocycles. The molecule has 2 aliphatic heterocycles. The zero-order valence-electron chi connectivity index (χ0n) is 31.9. The summed E-state index contributed by atoms with van der Waals surface area (Å²) in [5, 5.41) is 5.43. The van der Waals surface area contributed by atoms with Crippen molar-refractivity contribution in [2.45, 2.75) is 90.6 Å². The van der Waals surface area contributed by atoms with Gasteiger partial charge in [0.05, 0.1) is 31.6 Å². The monoisotopic (exact) mass is 737 g/mol. The lowest BCUT2D eigenvalue weighted by atomic mass is 10.0. The highest BCUT2D eigenvalue weighted by molar-refractivity contribution is 5.87. The van der Waals surface area contributed by atoms with Crippen molar-refractivity contribution in [2.24, 2.45) is 5.92 Å². The first-order valence-electron chi connectivity index (χ1n) is 18.7. The maximum absolute atomic E-state index is 13.5. The van der Waals surface area contributed by atoms with Crippen LogP contribution >= 0.6 is 0 Å². The zero-order chi connectivity index (χ0) is 38.6. The van der Waals surface area contributed by atoms with Crippen LogP contribution in [0.15, 0.2) is 66.9 Å². The number of imidazole rings is 1. The van der Waals surface area contributed by atoms with Crippen LogP contribution in [-0.4, -0.2) is 86.6 Å². The Morgan fingerprint density at radius 3 is 2.11 bits per heavy atom. The number of rotatable bonds is 10. The molecule has 13 heteroatoms. The number of piperidine rings is 1. The van der Waals surface area contributed by atoms with E-state index >= 15 is 0 Å². The van der Waals surface area contributed by atoms with Crippen molar-refractivity contribution in [3.63, 3.8) is 0 Å². The number of methoxy groups -OCH3 is 1. The molecule has 286 valence electrons. The molecule has 2 aromatic carbocycles. The third kappa shape index (κ3) is 8.95. The van der Waals surface area contributed by atoms with Crippen LogP contribution in [0.3, 0.4) is 0 Å². The lowest BCUT2D eigenvalue weighted by Gasteiger charge is -2.32. The summed E-state index contributed by atoms with van der Waals surface area (Å²) in [6.45, 7) is 10.7. The Balaban J connectivity index is 1.06. The molecule has 0 unspecified atom stereocenters. The van der Waals surface area contributed by atoms with E-state index in [4.69, 9.17) is 9.47 Å².